The zero-order valence-electron chi connectivity index (χ0n) is 15.2. The summed E-state index contributed by atoms with van der Waals surface area (Å²) in [5, 5.41) is 2.30. The molecule has 1 aromatic carbocycles. The van der Waals surface area contributed by atoms with Gasteiger partial charge in [-0.1, -0.05) is 24.3 Å². The fourth-order valence-corrected chi connectivity index (χ4v) is 2.49. The minimum atomic E-state index is -3.11. The van der Waals surface area contributed by atoms with Crippen molar-refractivity contribution in [3.05, 3.63) is 81.0 Å². The molecule has 9 nitrogen and oxygen atoms in total. The van der Waals surface area contributed by atoms with Crippen molar-refractivity contribution >= 4 is 11.6 Å². The van der Waals surface area contributed by atoms with Crippen LogP contribution in [0.4, 0.5) is 14.5 Å². The predicted octanol–water partition coefficient (Wildman–Crippen LogP) is 0.784. The summed E-state index contributed by atoms with van der Waals surface area (Å²) in [6.07, 6.45) is 2.57. The number of carbonyl (C=O) groups excluding carboxylic acids is 1. The van der Waals surface area contributed by atoms with Crippen LogP contribution in [-0.2, 0) is 24.4 Å². The molecule has 0 saturated heterocycles. The number of amides is 1. The van der Waals surface area contributed by atoms with Crippen LogP contribution in [0.15, 0.2) is 64.0 Å². The van der Waals surface area contributed by atoms with E-state index < -0.39 is 36.1 Å². The molecule has 154 valence electrons. The highest BCUT2D eigenvalue weighted by Crippen LogP contribution is 2.25. The Morgan fingerprint density at radius 2 is 1.52 bits per heavy atom. The van der Waals surface area contributed by atoms with Gasteiger partial charge >= 0.3 is 23.7 Å². The molecular formula is C18H18F2N4O5. The molecule has 0 aliphatic heterocycles. The Morgan fingerprint density at radius 1 is 1.00 bits per heavy atom. The number of alkyl halides is 2. The van der Waals surface area contributed by atoms with Gasteiger partial charge in [-0.05, 0) is 12.1 Å². The predicted molar refractivity (Wildman–Crippen MR) is 101 cm³/mol. The van der Waals surface area contributed by atoms with Crippen molar-refractivity contribution in [1.82, 2.24) is 13.7 Å². The molecule has 0 aliphatic carbocycles. The molecule has 0 radical (unpaired) electrons. The van der Waals surface area contributed by atoms with Gasteiger partial charge in [0.25, 0.3) is 0 Å². The number of hydrogen-bond donors (Lipinski definition) is 1. The highest BCUT2D eigenvalue weighted by Gasteiger charge is 2.18. The maximum Gasteiger partial charge on any atom is 0.387 e. The number of nitrogens with zero attached hydrogens (tertiary/aromatic N) is 3. The van der Waals surface area contributed by atoms with Crippen molar-refractivity contribution in [3.8, 4) is 5.75 Å². The Kier molecular flexibility index (Phi) is 7.01. The fraction of sp³-hybridized carbons (Fsp3) is 0.222. The standard InChI is InChI=1S/C18H18F2N4O5/c1-3-9-22-16(26)23(10-4-2)18(28)24(17(22)27)11-14(25)21-12-7-5-6-8-13(12)29-15(19)20/h3-8,15H,1-2,9-11H2,(H,21,25). The van der Waals surface area contributed by atoms with E-state index in [0.717, 1.165) is 9.13 Å². The molecule has 0 saturated carbocycles. The van der Waals surface area contributed by atoms with Crippen molar-refractivity contribution in [3.63, 3.8) is 0 Å². The zero-order valence-corrected chi connectivity index (χ0v) is 15.2. The van der Waals surface area contributed by atoms with Crippen LogP contribution in [0.1, 0.15) is 0 Å². The number of hydrogen-bond acceptors (Lipinski definition) is 5. The first-order chi connectivity index (χ1) is 13.8. The SMILES string of the molecule is C=CCn1c(=O)n(CC=C)c(=O)n(CC(=O)Nc2ccccc2OC(F)F)c1=O. The number of halogens is 2. The number of allylic oxidation sites excluding steroid dienone is 2. The van der Waals surface area contributed by atoms with E-state index >= 15 is 0 Å². The Labute approximate surface area is 162 Å². The first-order valence-corrected chi connectivity index (χ1v) is 8.30. The van der Waals surface area contributed by atoms with Crippen LogP contribution in [0.25, 0.3) is 0 Å². The summed E-state index contributed by atoms with van der Waals surface area (Å²) >= 11 is 0. The van der Waals surface area contributed by atoms with Crippen molar-refractivity contribution < 1.29 is 18.3 Å². The summed E-state index contributed by atoms with van der Waals surface area (Å²) in [5.41, 5.74) is -2.95. The second-order valence-electron chi connectivity index (χ2n) is 5.66. The molecule has 0 aliphatic rings. The van der Waals surface area contributed by atoms with Gasteiger partial charge in [0.2, 0.25) is 5.91 Å². The lowest BCUT2D eigenvalue weighted by Gasteiger charge is -2.14. The summed E-state index contributed by atoms with van der Waals surface area (Å²) in [6, 6.07) is 5.43. The zero-order chi connectivity index (χ0) is 21.6. The number of carbonyl (C=O) groups is 1. The molecule has 2 aromatic rings. The lowest BCUT2D eigenvalue weighted by molar-refractivity contribution is -0.117. The van der Waals surface area contributed by atoms with Gasteiger partial charge in [0.1, 0.15) is 12.3 Å². The molecule has 1 aromatic heterocycles. The number of anilines is 1. The molecule has 11 heteroatoms. The van der Waals surface area contributed by atoms with E-state index in [-0.39, 0.29) is 24.5 Å². The first kappa shape index (κ1) is 21.5. The normalized spacial score (nSPS) is 10.6. The fourth-order valence-electron chi connectivity index (χ4n) is 2.49. The van der Waals surface area contributed by atoms with Crippen LogP contribution >= 0.6 is 0 Å². The third-order valence-corrected chi connectivity index (χ3v) is 3.69. The van der Waals surface area contributed by atoms with Crippen LogP contribution in [0.2, 0.25) is 0 Å². The maximum absolute atomic E-state index is 12.5. The van der Waals surface area contributed by atoms with Gasteiger partial charge in [0.05, 0.1) is 18.8 Å². The molecule has 1 heterocycles. The van der Waals surface area contributed by atoms with Crippen LogP contribution in [0, 0.1) is 0 Å². The van der Waals surface area contributed by atoms with Gasteiger partial charge in [-0.15, -0.1) is 13.2 Å². The largest absolute Gasteiger partial charge is 0.433 e. The van der Waals surface area contributed by atoms with Crippen molar-refractivity contribution in [2.45, 2.75) is 26.2 Å². The molecule has 1 N–H and O–H groups in total. The smallest absolute Gasteiger partial charge is 0.387 e. The Bertz CT molecular complexity index is 1050. The number of benzene rings is 1. The third kappa shape index (κ3) is 4.94. The van der Waals surface area contributed by atoms with E-state index in [1.54, 1.807) is 0 Å². The number of aromatic nitrogens is 3. The average molecular weight is 408 g/mol. The molecular weight excluding hydrogens is 390 g/mol. The van der Waals surface area contributed by atoms with Crippen LogP contribution in [-0.4, -0.2) is 26.2 Å². The summed E-state index contributed by atoms with van der Waals surface area (Å²) in [7, 11) is 0. The molecule has 0 fully saturated rings. The summed E-state index contributed by atoms with van der Waals surface area (Å²) < 4.78 is 31.3. The Hall–Kier alpha value is -3.76. The molecule has 0 spiro atoms. The second-order valence-corrected chi connectivity index (χ2v) is 5.66. The van der Waals surface area contributed by atoms with Crippen LogP contribution in [0.3, 0.4) is 0 Å². The van der Waals surface area contributed by atoms with Gasteiger partial charge in [-0.25, -0.2) is 28.1 Å². The molecule has 1 amide bonds. The highest BCUT2D eigenvalue weighted by atomic mass is 19.3. The second kappa shape index (κ2) is 9.44. The van der Waals surface area contributed by atoms with Gasteiger partial charge in [-0.2, -0.15) is 8.78 Å². The summed E-state index contributed by atoms with van der Waals surface area (Å²) in [6.45, 7) is 2.67. The molecule has 0 bridgehead atoms. The Morgan fingerprint density at radius 3 is 2.03 bits per heavy atom. The number of nitrogens with one attached hydrogen (secondary N) is 1. The van der Waals surface area contributed by atoms with E-state index in [0.29, 0.717) is 4.57 Å². The summed E-state index contributed by atoms with van der Waals surface area (Å²) in [4.78, 5) is 49.6. The molecule has 0 unspecified atom stereocenters. The molecule has 2 rings (SSSR count). The van der Waals surface area contributed by atoms with Crippen molar-refractivity contribution in [2.75, 3.05) is 5.32 Å². The maximum atomic E-state index is 12.5. The lowest BCUT2D eigenvalue weighted by Crippen LogP contribution is -2.55. The van der Waals surface area contributed by atoms with E-state index in [1.807, 2.05) is 0 Å². The van der Waals surface area contributed by atoms with E-state index in [4.69, 9.17) is 0 Å². The minimum absolute atomic E-state index is 0.0725. The van der Waals surface area contributed by atoms with E-state index in [9.17, 15) is 28.0 Å². The third-order valence-electron chi connectivity index (χ3n) is 3.69. The van der Waals surface area contributed by atoms with E-state index in [2.05, 4.69) is 23.2 Å². The monoisotopic (exact) mass is 408 g/mol. The first-order valence-electron chi connectivity index (χ1n) is 8.30. The summed E-state index contributed by atoms with van der Waals surface area (Å²) in [5.74, 6) is -1.15. The molecule has 0 atom stereocenters. The van der Waals surface area contributed by atoms with Gasteiger partial charge in [-0.3, -0.25) is 4.79 Å². The lowest BCUT2D eigenvalue weighted by atomic mass is 10.3. The average Bonchev–Trinajstić information content (AvgIpc) is 2.67. The van der Waals surface area contributed by atoms with Gasteiger partial charge in [0.15, 0.2) is 0 Å². The van der Waals surface area contributed by atoms with Crippen molar-refractivity contribution in [1.29, 1.82) is 0 Å². The molecule has 29 heavy (non-hydrogen) atoms. The number of para-hydroxylation sites is 2. The van der Waals surface area contributed by atoms with Gasteiger partial charge < -0.3 is 10.1 Å². The quantitative estimate of drug-likeness (QED) is 0.618. The Balaban J connectivity index is 2.42. The van der Waals surface area contributed by atoms with Crippen LogP contribution < -0.4 is 27.1 Å². The number of rotatable bonds is 9. The minimum Gasteiger partial charge on any atom is -0.433 e. The van der Waals surface area contributed by atoms with Crippen LogP contribution in [0.5, 0.6) is 5.75 Å². The highest BCUT2D eigenvalue weighted by molar-refractivity contribution is 5.92. The van der Waals surface area contributed by atoms with E-state index in [1.165, 1.54) is 36.4 Å². The topological polar surface area (TPSA) is 104 Å². The van der Waals surface area contributed by atoms with Gasteiger partial charge in [0, 0.05) is 0 Å². The number of ether oxygens (including phenoxy) is 1. The van der Waals surface area contributed by atoms with Crippen molar-refractivity contribution in [2.24, 2.45) is 0 Å².